The highest BCUT2D eigenvalue weighted by atomic mass is 16.2. The van der Waals surface area contributed by atoms with Crippen molar-refractivity contribution in [3.05, 3.63) is 35.4 Å². The molecule has 1 atom stereocenters. The standard InChI is InChI=1S/C15H22N2O/c1-3-14(12-6-4-11(2)5-7-12)16-10-15(18)17-13-8-9-13/h4-7,13-14,16H,3,8-10H2,1-2H3,(H,17,18). The van der Waals surface area contributed by atoms with Crippen molar-refractivity contribution in [2.45, 2.75) is 45.2 Å². The van der Waals surface area contributed by atoms with Crippen LogP contribution >= 0.6 is 0 Å². The molecule has 2 N–H and O–H groups in total. The Hall–Kier alpha value is -1.35. The van der Waals surface area contributed by atoms with Crippen molar-refractivity contribution in [1.82, 2.24) is 10.6 Å². The normalized spacial score (nSPS) is 16.3. The second-order valence-corrected chi connectivity index (χ2v) is 5.09. The SMILES string of the molecule is CCC(NCC(=O)NC1CC1)c1ccc(C)cc1. The third kappa shape index (κ3) is 3.84. The van der Waals surface area contributed by atoms with Gasteiger partial charge in [0.1, 0.15) is 0 Å². The van der Waals surface area contributed by atoms with Crippen LogP contribution in [-0.4, -0.2) is 18.5 Å². The van der Waals surface area contributed by atoms with Crippen LogP contribution in [0.2, 0.25) is 0 Å². The third-order valence-corrected chi connectivity index (χ3v) is 3.34. The van der Waals surface area contributed by atoms with Crippen LogP contribution in [0.4, 0.5) is 0 Å². The fraction of sp³-hybridized carbons (Fsp3) is 0.533. The first kappa shape index (κ1) is 13.1. The molecule has 98 valence electrons. The van der Waals surface area contributed by atoms with Gasteiger partial charge in [-0.25, -0.2) is 0 Å². The van der Waals surface area contributed by atoms with Gasteiger partial charge in [0.15, 0.2) is 0 Å². The molecule has 0 aromatic heterocycles. The maximum Gasteiger partial charge on any atom is 0.234 e. The Morgan fingerprint density at radius 1 is 1.33 bits per heavy atom. The van der Waals surface area contributed by atoms with Gasteiger partial charge in [-0.15, -0.1) is 0 Å². The van der Waals surface area contributed by atoms with E-state index < -0.39 is 0 Å². The number of hydrogen-bond donors (Lipinski definition) is 2. The van der Waals surface area contributed by atoms with Crippen LogP contribution in [0, 0.1) is 6.92 Å². The van der Waals surface area contributed by atoms with E-state index in [0.717, 1.165) is 19.3 Å². The van der Waals surface area contributed by atoms with Crippen molar-refractivity contribution >= 4 is 5.91 Å². The van der Waals surface area contributed by atoms with Crippen LogP contribution in [0.15, 0.2) is 24.3 Å². The summed E-state index contributed by atoms with van der Waals surface area (Å²) >= 11 is 0. The molecule has 0 saturated heterocycles. The monoisotopic (exact) mass is 246 g/mol. The number of amides is 1. The van der Waals surface area contributed by atoms with Gasteiger partial charge < -0.3 is 10.6 Å². The molecule has 0 bridgehead atoms. The van der Waals surface area contributed by atoms with E-state index >= 15 is 0 Å². The predicted molar refractivity (Wildman–Crippen MR) is 73.4 cm³/mol. The van der Waals surface area contributed by atoms with Gasteiger partial charge in [-0.3, -0.25) is 4.79 Å². The molecule has 1 fully saturated rings. The van der Waals surface area contributed by atoms with Gasteiger partial charge in [0, 0.05) is 12.1 Å². The van der Waals surface area contributed by atoms with E-state index in [4.69, 9.17) is 0 Å². The van der Waals surface area contributed by atoms with E-state index in [0.29, 0.717) is 12.6 Å². The molecule has 1 aromatic rings. The Bertz CT molecular complexity index is 395. The van der Waals surface area contributed by atoms with E-state index in [1.54, 1.807) is 0 Å². The van der Waals surface area contributed by atoms with Crippen LogP contribution < -0.4 is 10.6 Å². The van der Waals surface area contributed by atoms with Gasteiger partial charge in [0.2, 0.25) is 5.91 Å². The van der Waals surface area contributed by atoms with Crippen LogP contribution in [-0.2, 0) is 4.79 Å². The Labute approximate surface area is 109 Å². The molecule has 0 spiro atoms. The number of carbonyl (C=O) groups excluding carboxylic acids is 1. The van der Waals surface area contributed by atoms with Gasteiger partial charge in [-0.1, -0.05) is 36.8 Å². The van der Waals surface area contributed by atoms with Crippen LogP contribution in [0.1, 0.15) is 43.4 Å². The minimum atomic E-state index is 0.114. The molecular weight excluding hydrogens is 224 g/mol. The molecule has 1 aliphatic rings. The third-order valence-electron chi connectivity index (χ3n) is 3.34. The van der Waals surface area contributed by atoms with Gasteiger partial charge in [0.05, 0.1) is 6.54 Å². The molecule has 1 saturated carbocycles. The molecule has 3 heteroatoms. The molecule has 1 aromatic carbocycles. The quantitative estimate of drug-likeness (QED) is 0.808. The lowest BCUT2D eigenvalue weighted by Crippen LogP contribution is -2.36. The zero-order chi connectivity index (χ0) is 13.0. The molecule has 18 heavy (non-hydrogen) atoms. The highest BCUT2D eigenvalue weighted by Crippen LogP contribution is 2.19. The van der Waals surface area contributed by atoms with Crippen LogP contribution in [0.3, 0.4) is 0 Å². The largest absolute Gasteiger partial charge is 0.352 e. The van der Waals surface area contributed by atoms with Crippen LogP contribution in [0.25, 0.3) is 0 Å². The summed E-state index contributed by atoms with van der Waals surface area (Å²) in [5, 5.41) is 6.32. The first-order valence-electron chi connectivity index (χ1n) is 6.78. The minimum Gasteiger partial charge on any atom is -0.352 e. The van der Waals surface area contributed by atoms with Crippen molar-refractivity contribution < 1.29 is 4.79 Å². The maximum atomic E-state index is 11.6. The fourth-order valence-electron chi connectivity index (χ4n) is 2.02. The average molecular weight is 246 g/mol. The van der Waals surface area contributed by atoms with Crippen molar-refractivity contribution in [2.24, 2.45) is 0 Å². The molecule has 1 unspecified atom stereocenters. The van der Waals surface area contributed by atoms with Gasteiger partial charge in [0.25, 0.3) is 0 Å². The second kappa shape index (κ2) is 6.01. The predicted octanol–water partition coefficient (Wildman–Crippen LogP) is 2.31. The first-order valence-corrected chi connectivity index (χ1v) is 6.78. The minimum absolute atomic E-state index is 0.114. The molecule has 0 radical (unpaired) electrons. The Balaban J connectivity index is 1.84. The number of carbonyl (C=O) groups is 1. The van der Waals surface area contributed by atoms with Crippen molar-refractivity contribution in [2.75, 3.05) is 6.54 Å². The number of nitrogens with one attached hydrogen (secondary N) is 2. The Morgan fingerprint density at radius 2 is 2.00 bits per heavy atom. The first-order chi connectivity index (χ1) is 8.69. The topological polar surface area (TPSA) is 41.1 Å². The zero-order valence-corrected chi connectivity index (χ0v) is 11.2. The highest BCUT2D eigenvalue weighted by Gasteiger charge is 2.23. The molecule has 3 nitrogen and oxygen atoms in total. The van der Waals surface area contributed by atoms with Crippen molar-refractivity contribution in [3.63, 3.8) is 0 Å². The Morgan fingerprint density at radius 3 is 2.56 bits per heavy atom. The molecule has 0 heterocycles. The van der Waals surface area contributed by atoms with Gasteiger partial charge in [-0.05, 0) is 31.7 Å². The smallest absolute Gasteiger partial charge is 0.234 e. The average Bonchev–Trinajstić information content (AvgIpc) is 3.16. The number of hydrogen-bond acceptors (Lipinski definition) is 2. The molecule has 0 aliphatic heterocycles. The summed E-state index contributed by atoms with van der Waals surface area (Å²) < 4.78 is 0. The van der Waals surface area contributed by atoms with E-state index in [1.165, 1.54) is 11.1 Å². The van der Waals surface area contributed by atoms with Gasteiger partial charge in [-0.2, -0.15) is 0 Å². The van der Waals surface area contributed by atoms with Crippen molar-refractivity contribution in [1.29, 1.82) is 0 Å². The highest BCUT2D eigenvalue weighted by molar-refractivity contribution is 5.78. The number of aryl methyl sites for hydroxylation is 1. The summed E-state index contributed by atoms with van der Waals surface area (Å²) in [5.41, 5.74) is 2.52. The van der Waals surface area contributed by atoms with E-state index in [2.05, 4.69) is 48.7 Å². The zero-order valence-electron chi connectivity index (χ0n) is 11.2. The maximum absolute atomic E-state index is 11.6. The van der Waals surface area contributed by atoms with E-state index in [1.807, 2.05) is 0 Å². The summed E-state index contributed by atoms with van der Waals surface area (Å²) in [6, 6.07) is 9.20. The summed E-state index contributed by atoms with van der Waals surface area (Å²) in [6.45, 7) is 4.63. The summed E-state index contributed by atoms with van der Waals surface area (Å²) in [5.74, 6) is 0.114. The summed E-state index contributed by atoms with van der Waals surface area (Å²) in [6.07, 6.45) is 3.27. The number of benzene rings is 1. The van der Waals surface area contributed by atoms with Crippen LogP contribution in [0.5, 0.6) is 0 Å². The van der Waals surface area contributed by atoms with E-state index in [-0.39, 0.29) is 11.9 Å². The summed E-state index contributed by atoms with van der Waals surface area (Å²) in [7, 11) is 0. The van der Waals surface area contributed by atoms with Crippen molar-refractivity contribution in [3.8, 4) is 0 Å². The second-order valence-electron chi connectivity index (χ2n) is 5.09. The number of rotatable bonds is 6. The molecule has 1 amide bonds. The lowest BCUT2D eigenvalue weighted by atomic mass is 10.0. The molecular formula is C15H22N2O. The Kier molecular flexibility index (Phi) is 4.37. The summed E-state index contributed by atoms with van der Waals surface area (Å²) in [4.78, 5) is 11.6. The lowest BCUT2D eigenvalue weighted by molar-refractivity contribution is -0.120. The lowest BCUT2D eigenvalue weighted by Gasteiger charge is -2.17. The van der Waals surface area contributed by atoms with E-state index in [9.17, 15) is 4.79 Å². The molecule has 2 rings (SSSR count). The molecule has 1 aliphatic carbocycles. The van der Waals surface area contributed by atoms with Gasteiger partial charge >= 0.3 is 0 Å². The fourth-order valence-corrected chi connectivity index (χ4v) is 2.02.